The third kappa shape index (κ3) is 6.04. The zero-order chi connectivity index (χ0) is 16.7. The summed E-state index contributed by atoms with van der Waals surface area (Å²) in [4.78, 5) is 25.8. The number of aliphatic carboxylic acids is 1. The minimum atomic E-state index is -0.948. The Morgan fingerprint density at radius 2 is 2.00 bits per heavy atom. The molecule has 0 fully saturated rings. The number of nitrogens with one attached hydrogen (secondary N) is 1. The van der Waals surface area contributed by atoms with E-state index >= 15 is 0 Å². The maximum Gasteiger partial charge on any atom is 0.328 e. The van der Waals surface area contributed by atoms with Crippen LogP contribution in [0.15, 0.2) is 35.7 Å². The normalized spacial score (nSPS) is 10.8. The van der Waals surface area contributed by atoms with Crippen LogP contribution in [-0.2, 0) is 22.4 Å². The van der Waals surface area contributed by atoms with Crippen LogP contribution in [0.25, 0.3) is 6.08 Å². The largest absolute Gasteiger partial charge is 0.478 e. The molecular formula is C17H18N2O3S. The van der Waals surface area contributed by atoms with Crippen LogP contribution in [-0.4, -0.2) is 22.0 Å². The van der Waals surface area contributed by atoms with E-state index in [9.17, 15) is 9.59 Å². The van der Waals surface area contributed by atoms with Gasteiger partial charge < -0.3 is 10.4 Å². The van der Waals surface area contributed by atoms with E-state index in [2.05, 4.69) is 10.3 Å². The number of aromatic nitrogens is 1. The Morgan fingerprint density at radius 1 is 1.26 bits per heavy atom. The van der Waals surface area contributed by atoms with Crippen molar-refractivity contribution in [3.05, 3.63) is 52.5 Å². The molecule has 1 heterocycles. The summed E-state index contributed by atoms with van der Waals surface area (Å²) in [5.41, 5.74) is 3.06. The molecule has 0 aliphatic carbocycles. The number of carbonyl (C=O) groups excluding carboxylic acids is 1. The SMILES string of the molecule is CC(=O)Nc1nc(CCCc2ccc(/C=C/C(=O)O)cc2)cs1. The van der Waals surface area contributed by atoms with Gasteiger partial charge in [-0.1, -0.05) is 24.3 Å². The first-order valence-corrected chi connectivity index (χ1v) is 8.13. The number of thiazole rings is 1. The molecule has 1 amide bonds. The minimum Gasteiger partial charge on any atom is -0.478 e. The fourth-order valence-electron chi connectivity index (χ4n) is 2.07. The highest BCUT2D eigenvalue weighted by molar-refractivity contribution is 7.13. The summed E-state index contributed by atoms with van der Waals surface area (Å²) in [6, 6.07) is 7.83. The van der Waals surface area contributed by atoms with Gasteiger partial charge in [-0.25, -0.2) is 9.78 Å². The van der Waals surface area contributed by atoms with Gasteiger partial charge in [-0.2, -0.15) is 0 Å². The zero-order valence-corrected chi connectivity index (χ0v) is 13.6. The summed E-state index contributed by atoms with van der Waals surface area (Å²) in [6.45, 7) is 1.47. The summed E-state index contributed by atoms with van der Waals surface area (Å²) < 4.78 is 0. The summed E-state index contributed by atoms with van der Waals surface area (Å²) in [5, 5.41) is 13.9. The first-order chi connectivity index (χ1) is 11.0. The monoisotopic (exact) mass is 330 g/mol. The second kappa shape index (κ2) is 8.24. The molecule has 0 saturated carbocycles. The lowest BCUT2D eigenvalue weighted by atomic mass is 10.1. The molecule has 1 aromatic carbocycles. The Balaban J connectivity index is 1.80. The van der Waals surface area contributed by atoms with Crippen molar-refractivity contribution in [1.29, 1.82) is 0 Å². The third-order valence-corrected chi connectivity index (χ3v) is 3.94. The number of amides is 1. The number of carbonyl (C=O) groups is 2. The predicted octanol–water partition coefficient (Wildman–Crippen LogP) is 3.37. The van der Waals surface area contributed by atoms with Gasteiger partial charge in [0.15, 0.2) is 5.13 Å². The van der Waals surface area contributed by atoms with E-state index in [0.29, 0.717) is 5.13 Å². The number of rotatable bonds is 7. The van der Waals surface area contributed by atoms with E-state index in [0.717, 1.165) is 36.6 Å². The first kappa shape index (κ1) is 16.9. The van der Waals surface area contributed by atoms with Crippen LogP contribution < -0.4 is 5.32 Å². The van der Waals surface area contributed by atoms with E-state index in [1.54, 1.807) is 6.08 Å². The zero-order valence-electron chi connectivity index (χ0n) is 12.8. The van der Waals surface area contributed by atoms with Crippen molar-refractivity contribution in [3.8, 4) is 0 Å². The van der Waals surface area contributed by atoms with E-state index in [1.807, 2.05) is 29.6 Å². The van der Waals surface area contributed by atoms with Gasteiger partial charge >= 0.3 is 5.97 Å². The number of hydrogen-bond acceptors (Lipinski definition) is 4. The molecule has 5 nitrogen and oxygen atoms in total. The van der Waals surface area contributed by atoms with Crippen molar-refractivity contribution in [2.75, 3.05) is 5.32 Å². The molecule has 23 heavy (non-hydrogen) atoms. The molecule has 0 bridgehead atoms. The lowest BCUT2D eigenvalue weighted by molar-refractivity contribution is -0.131. The smallest absolute Gasteiger partial charge is 0.328 e. The van der Waals surface area contributed by atoms with E-state index < -0.39 is 5.97 Å². The summed E-state index contributed by atoms with van der Waals surface area (Å²) in [6.07, 6.45) is 5.45. The Morgan fingerprint density at radius 3 is 2.65 bits per heavy atom. The molecule has 2 aromatic rings. The van der Waals surface area contributed by atoms with Crippen LogP contribution in [0.5, 0.6) is 0 Å². The van der Waals surface area contributed by atoms with Crippen molar-refractivity contribution in [1.82, 2.24) is 4.98 Å². The van der Waals surface area contributed by atoms with Crippen LogP contribution in [0.4, 0.5) is 5.13 Å². The lowest BCUT2D eigenvalue weighted by Gasteiger charge is -2.01. The molecule has 0 saturated heterocycles. The van der Waals surface area contributed by atoms with Gasteiger partial charge in [0.1, 0.15) is 0 Å². The van der Waals surface area contributed by atoms with Gasteiger partial charge in [0, 0.05) is 18.4 Å². The highest BCUT2D eigenvalue weighted by Crippen LogP contribution is 2.17. The Labute approximate surface area is 138 Å². The van der Waals surface area contributed by atoms with E-state index in [-0.39, 0.29) is 5.91 Å². The van der Waals surface area contributed by atoms with Crippen molar-refractivity contribution in [2.45, 2.75) is 26.2 Å². The lowest BCUT2D eigenvalue weighted by Crippen LogP contribution is -2.05. The van der Waals surface area contributed by atoms with Gasteiger partial charge in [-0.3, -0.25) is 4.79 Å². The number of aryl methyl sites for hydroxylation is 2. The molecule has 2 rings (SSSR count). The number of carboxylic acid groups (broad SMARTS) is 1. The van der Waals surface area contributed by atoms with Crippen molar-refractivity contribution in [3.63, 3.8) is 0 Å². The van der Waals surface area contributed by atoms with Crippen LogP contribution in [0, 0.1) is 0 Å². The maximum atomic E-state index is 11.0. The summed E-state index contributed by atoms with van der Waals surface area (Å²) in [5.74, 6) is -1.06. The van der Waals surface area contributed by atoms with Gasteiger partial charge in [0.2, 0.25) is 5.91 Å². The van der Waals surface area contributed by atoms with Crippen LogP contribution in [0.3, 0.4) is 0 Å². The van der Waals surface area contributed by atoms with Gasteiger partial charge in [-0.15, -0.1) is 11.3 Å². The molecule has 0 radical (unpaired) electrons. The number of anilines is 1. The molecule has 120 valence electrons. The molecule has 6 heteroatoms. The second-order valence-corrected chi connectivity index (χ2v) is 5.95. The fraction of sp³-hybridized carbons (Fsp3) is 0.235. The van der Waals surface area contributed by atoms with Gasteiger partial charge in [-0.05, 0) is 36.5 Å². The number of benzene rings is 1. The summed E-state index contributed by atoms with van der Waals surface area (Å²) in [7, 11) is 0. The third-order valence-electron chi connectivity index (χ3n) is 3.13. The second-order valence-electron chi connectivity index (χ2n) is 5.09. The van der Waals surface area contributed by atoms with Crippen LogP contribution >= 0.6 is 11.3 Å². The fourth-order valence-corrected chi connectivity index (χ4v) is 2.86. The molecular weight excluding hydrogens is 312 g/mol. The topological polar surface area (TPSA) is 79.3 Å². The molecule has 0 spiro atoms. The molecule has 2 N–H and O–H groups in total. The maximum absolute atomic E-state index is 11.0. The van der Waals surface area contributed by atoms with Crippen LogP contribution in [0.1, 0.15) is 30.2 Å². The molecule has 0 atom stereocenters. The first-order valence-electron chi connectivity index (χ1n) is 7.25. The quantitative estimate of drug-likeness (QED) is 0.763. The number of nitrogens with zero attached hydrogens (tertiary/aromatic N) is 1. The van der Waals surface area contributed by atoms with Crippen molar-refractivity contribution in [2.24, 2.45) is 0 Å². The predicted molar refractivity (Wildman–Crippen MR) is 91.6 cm³/mol. The standard InChI is InChI=1S/C17H18N2O3S/c1-12(20)18-17-19-15(11-23-17)4-2-3-13-5-7-14(8-6-13)9-10-16(21)22/h5-11H,2-4H2,1H3,(H,21,22)(H,18,19,20)/b10-9+. The highest BCUT2D eigenvalue weighted by Gasteiger charge is 2.03. The van der Waals surface area contributed by atoms with Crippen molar-refractivity contribution >= 4 is 34.4 Å². The summed E-state index contributed by atoms with van der Waals surface area (Å²) >= 11 is 1.44. The molecule has 0 aliphatic heterocycles. The number of hydrogen-bond donors (Lipinski definition) is 2. The van der Waals surface area contributed by atoms with Crippen LogP contribution in [0.2, 0.25) is 0 Å². The Hall–Kier alpha value is -2.47. The average Bonchev–Trinajstić information content (AvgIpc) is 2.93. The highest BCUT2D eigenvalue weighted by atomic mass is 32.1. The average molecular weight is 330 g/mol. The van der Waals surface area contributed by atoms with Crippen molar-refractivity contribution < 1.29 is 14.7 Å². The number of carboxylic acids is 1. The van der Waals surface area contributed by atoms with E-state index in [4.69, 9.17) is 5.11 Å². The Kier molecular flexibility index (Phi) is 6.05. The Bertz CT molecular complexity index is 705. The minimum absolute atomic E-state index is 0.108. The molecule has 1 aromatic heterocycles. The van der Waals surface area contributed by atoms with E-state index in [1.165, 1.54) is 23.8 Å². The molecule has 0 aliphatic rings. The molecule has 0 unspecified atom stereocenters. The van der Waals surface area contributed by atoms with Gasteiger partial charge in [0.25, 0.3) is 0 Å². The van der Waals surface area contributed by atoms with Gasteiger partial charge in [0.05, 0.1) is 5.69 Å².